The van der Waals surface area contributed by atoms with Crippen LogP contribution in [-0.4, -0.2) is 11.0 Å². The van der Waals surface area contributed by atoms with Crippen molar-refractivity contribution in [1.82, 2.24) is 10.9 Å². The second-order valence-corrected chi connectivity index (χ2v) is 5.76. The summed E-state index contributed by atoms with van der Waals surface area (Å²) in [5, 5.41) is 3.05. The van der Waals surface area contributed by atoms with Crippen LogP contribution in [0.1, 0.15) is 5.56 Å². The summed E-state index contributed by atoms with van der Waals surface area (Å²) in [6.45, 7) is 0. The number of halogens is 2. The van der Waals surface area contributed by atoms with Gasteiger partial charge in [0.25, 0.3) is 0 Å². The summed E-state index contributed by atoms with van der Waals surface area (Å²) in [6, 6.07) is 13.2. The standard InChI is InChI=1S/C15H13BrFN3OS/c16-11-3-1-10(2-4-11)9-14(21)19-20-15(22)18-13-7-5-12(17)6-8-13/h1-8H,9H2,(H,19,21)(H2,18,20,22). The number of nitrogens with one attached hydrogen (secondary N) is 3. The number of anilines is 1. The van der Waals surface area contributed by atoms with Crippen LogP contribution >= 0.6 is 28.1 Å². The van der Waals surface area contributed by atoms with Crippen molar-refractivity contribution in [3.05, 3.63) is 64.4 Å². The SMILES string of the molecule is O=C(Cc1ccc(Br)cc1)NNC(=S)Nc1ccc(F)cc1. The molecular weight excluding hydrogens is 369 g/mol. The lowest BCUT2D eigenvalue weighted by molar-refractivity contribution is -0.120. The Balaban J connectivity index is 1.76. The summed E-state index contributed by atoms with van der Waals surface area (Å²) in [6.07, 6.45) is 0.236. The molecule has 0 saturated heterocycles. The van der Waals surface area contributed by atoms with E-state index in [1.54, 1.807) is 12.1 Å². The van der Waals surface area contributed by atoms with Crippen LogP contribution < -0.4 is 16.2 Å². The molecule has 0 atom stereocenters. The van der Waals surface area contributed by atoms with Gasteiger partial charge in [0.2, 0.25) is 5.91 Å². The maximum Gasteiger partial charge on any atom is 0.242 e. The molecule has 0 radical (unpaired) electrons. The van der Waals surface area contributed by atoms with Crippen LogP contribution in [0.2, 0.25) is 0 Å². The summed E-state index contributed by atoms with van der Waals surface area (Å²) in [5.41, 5.74) is 6.61. The van der Waals surface area contributed by atoms with Gasteiger partial charge >= 0.3 is 0 Å². The molecule has 22 heavy (non-hydrogen) atoms. The van der Waals surface area contributed by atoms with Gasteiger partial charge < -0.3 is 5.32 Å². The Hall–Kier alpha value is -1.99. The molecule has 114 valence electrons. The number of carbonyl (C=O) groups is 1. The normalized spacial score (nSPS) is 9.91. The van der Waals surface area contributed by atoms with Crippen LogP contribution in [0, 0.1) is 5.82 Å². The molecule has 2 aromatic carbocycles. The summed E-state index contributed by atoms with van der Waals surface area (Å²) in [5.74, 6) is -0.544. The average Bonchev–Trinajstić information content (AvgIpc) is 2.50. The second kappa shape index (κ2) is 7.86. The maximum absolute atomic E-state index is 12.8. The van der Waals surface area contributed by atoms with E-state index in [4.69, 9.17) is 12.2 Å². The van der Waals surface area contributed by atoms with E-state index >= 15 is 0 Å². The van der Waals surface area contributed by atoms with Gasteiger partial charge in [-0.1, -0.05) is 28.1 Å². The van der Waals surface area contributed by atoms with Crippen LogP contribution in [0.4, 0.5) is 10.1 Å². The summed E-state index contributed by atoms with van der Waals surface area (Å²) < 4.78 is 13.7. The Morgan fingerprint density at radius 1 is 1.05 bits per heavy atom. The Labute approximate surface area is 141 Å². The van der Waals surface area contributed by atoms with Crippen molar-refractivity contribution in [1.29, 1.82) is 0 Å². The van der Waals surface area contributed by atoms with Crippen molar-refractivity contribution < 1.29 is 9.18 Å². The molecule has 0 aromatic heterocycles. The van der Waals surface area contributed by atoms with Crippen molar-refractivity contribution in [3.63, 3.8) is 0 Å². The lowest BCUT2D eigenvalue weighted by Crippen LogP contribution is -2.44. The highest BCUT2D eigenvalue weighted by Crippen LogP contribution is 2.10. The minimum Gasteiger partial charge on any atom is -0.331 e. The molecular formula is C15H13BrFN3OS. The molecule has 0 spiro atoms. The molecule has 0 bridgehead atoms. The number of hydrazine groups is 1. The number of benzene rings is 2. The zero-order valence-electron chi connectivity index (χ0n) is 11.4. The van der Waals surface area contributed by atoms with E-state index in [9.17, 15) is 9.18 Å². The largest absolute Gasteiger partial charge is 0.331 e. The molecule has 7 heteroatoms. The lowest BCUT2D eigenvalue weighted by atomic mass is 10.1. The van der Waals surface area contributed by atoms with Crippen LogP contribution in [-0.2, 0) is 11.2 Å². The Kier molecular flexibility index (Phi) is 5.85. The first-order chi connectivity index (χ1) is 10.5. The highest BCUT2D eigenvalue weighted by atomic mass is 79.9. The third kappa shape index (κ3) is 5.42. The van der Waals surface area contributed by atoms with Crippen LogP contribution in [0.5, 0.6) is 0 Å². The number of amides is 1. The second-order valence-electron chi connectivity index (χ2n) is 4.44. The Morgan fingerprint density at radius 3 is 2.32 bits per heavy atom. The fraction of sp³-hybridized carbons (Fsp3) is 0.0667. The number of carbonyl (C=O) groups excluding carboxylic acids is 1. The summed E-state index contributed by atoms with van der Waals surface area (Å²) >= 11 is 8.37. The van der Waals surface area contributed by atoms with Gasteiger partial charge in [-0.3, -0.25) is 15.6 Å². The smallest absolute Gasteiger partial charge is 0.242 e. The average molecular weight is 382 g/mol. The number of hydrogen-bond donors (Lipinski definition) is 3. The monoisotopic (exact) mass is 381 g/mol. The van der Waals surface area contributed by atoms with E-state index < -0.39 is 0 Å². The lowest BCUT2D eigenvalue weighted by Gasteiger charge is -2.11. The number of thiocarbonyl (C=S) groups is 1. The number of hydrogen-bond acceptors (Lipinski definition) is 2. The molecule has 0 aliphatic rings. The van der Waals surface area contributed by atoms with E-state index in [0.29, 0.717) is 5.69 Å². The molecule has 2 aromatic rings. The van der Waals surface area contributed by atoms with Crippen LogP contribution in [0.15, 0.2) is 53.0 Å². The molecule has 0 heterocycles. The van der Waals surface area contributed by atoms with Crippen molar-refractivity contribution in [2.24, 2.45) is 0 Å². The first-order valence-corrected chi connectivity index (χ1v) is 7.59. The molecule has 3 N–H and O–H groups in total. The first-order valence-electron chi connectivity index (χ1n) is 6.39. The molecule has 4 nitrogen and oxygen atoms in total. The molecule has 0 aliphatic heterocycles. The van der Waals surface area contributed by atoms with Crippen LogP contribution in [0.3, 0.4) is 0 Å². The topological polar surface area (TPSA) is 53.2 Å². The van der Waals surface area contributed by atoms with Crippen molar-refractivity contribution in [2.75, 3.05) is 5.32 Å². The highest BCUT2D eigenvalue weighted by Gasteiger charge is 2.04. The zero-order valence-corrected chi connectivity index (χ0v) is 13.8. The quantitative estimate of drug-likeness (QED) is 0.564. The molecule has 1 amide bonds. The van der Waals surface area contributed by atoms with Gasteiger partial charge in [-0.2, -0.15) is 0 Å². The molecule has 0 aliphatic carbocycles. The van der Waals surface area contributed by atoms with Gasteiger partial charge in [-0.25, -0.2) is 4.39 Å². The van der Waals surface area contributed by atoms with Crippen molar-refractivity contribution in [2.45, 2.75) is 6.42 Å². The van der Waals surface area contributed by atoms with E-state index in [2.05, 4.69) is 32.1 Å². The molecule has 2 rings (SSSR count). The zero-order chi connectivity index (χ0) is 15.9. The van der Waals surface area contributed by atoms with E-state index in [1.807, 2.05) is 24.3 Å². The van der Waals surface area contributed by atoms with E-state index in [1.165, 1.54) is 12.1 Å². The van der Waals surface area contributed by atoms with Gasteiger partial charge in [0.1, 0.15) is 5.82 Å². The van der Waals surface area contributed by atoms with Gasteiger partial charge in [0.15, 0.2) is 5.11 Å². The Bertz CT molecular complexity index is 602. The summed E-state index contributed by atoms with van der Waals surface area (Å²) in [4.78, 5) is 11.8. The number of rotatable bonds is 3. The summed E-state index contributed by atoms with van der Waals surface area (Å²) in [7, 11) is 0. The molecule has 0 fully saturated rings. The third-order valence-corrected chi connectivity index (χ3v) is 3.43. The van der Waals surface area contributed by atoms with Crippen molar-refractivity contribution in [3.8, 4) is 0 Å². The fourth-order valence-corrected chi connectivity index (χ4v) is 2.09. The van der Waals surface area contributed by atoms with Crippen molar-refractivity contribution >= 4 is 44.9 Å². The molecule has 0 unspecified atom stereocenters. The molecule has 0 saturated carbocycles. The predicted octanol–water partition coefficient (Wildman–Crippen LogP) is 3.15. The van der Waals surface area contributed by atoms with Gasteiger partial charge in [0, 0.05) is 10.2 Å². The minimum absolute atomic E-state index is 0.217. The van der Waals surface area contributed by atoms with Crippen LogP contribution in [0.25, 0.3) is 0 Å². The maximum atomic E-state index is 12.8. The minimum atomic E-state index is -0.327. The van der Waals surface area contributed by atoms with E-state index in [0.717, 1.165) is 10.0 Å². The third-order valence-electron chi connectivity index (χ3n) is 2.70. The predicted molar refractivity (Wildman–Crippen MR) is 91.7 cm³/mol. The van der Waals surface area contributed by atoms with Gasteiger partial charge in [-0.15, -0.1) is 0 Å². The highest BCUT2D eigenvalue weighted by molar-refractivity contribution is 9.10. The first kappa shape index (κ1) is 16.4. The van der Waals surface area contributed by atoms with E-state index in [-0.39, 0.29) is 23.3 Å². The van der Waals surface area contributed by atoms with Gasteiger partial charge in [0.05, 0.1) is 6.42 Å². The Morgan fingerprint density at radius 2 is 1.68 bits per heavy atom. The fourth-order valence-electron chi connectivity index (χ4n) is 1.65. The van der Waals surface area contributed by atoms with Gasteiger partial charge in [-0.05, 0) is 54.2 Å².